The molecular weight excluding hydrogens is 232 g/mol. The highest BCUT2D eigenvalue weighted by Crippen LogP contribution is 2.26. The molecule has 1 aliphatic carbocycles. The smallest absolute Gasteiger partial charge is 0.225 e. The fourth-order valence-electron chi connectivity index (χ4n) is 2.92. The van der Waals surface area contributed by atoms with Gasteiger partial charge in [-0.15, -0.1) is 0 Å². The maximum absolute atomic E-state index is 12.3. The highest BCUT2D eigenvalue weighted by Gasteiger charge is 2.37. The Kier molecular flexibility index (Phi) is 4.59. The lowest BCUT2D eigenvalue weighted by Crippen LogP contribution is -2.57. The summed E-state index contributed by atoms with van der Waals surface area (Å²) in [6.07, 6.45) is 5.33. The lowest BCUT2D eigenvalue weighted by atomic mass is 9.83. The van der Waals surface area contributed by atoms with Gasteiger partial charge in [0.25, 0.3) is 0 Å². The molecule has 2 atom stereocenters. The second-order valence-electron chi connectivity index (χ2n) is 5.59. The van der Waals surface area contributed by atoms with Gasteiger partial charge in [0.2, 0.25) is 5.91 Å². The van der Waals surface area contributed by atoms with E-state index in [9.17, 15) is 9.90 Å². The normalized spacial score (nSPS) is 31.9. The van der Waals surface area contributed by atoms with E-state index >= 15 is 0 Å². The van der Waals surface area contributed by atoms with Crippen LogP contribution in [0.25, 0.3) is 0 Å². The minimum Gasteiger partial charge on any atom is -0.394 e. The van der Waals surface area contributed by atoms with Crippen molar-refractivity contribution < 1.29 is 14.6 Å². The van der Waals surface area contributed by atoms with Crippen molar-refractivity contribution in [2.24, 2.45) is 11.7 Å². The first-order valence-electron chi connectivity index (χ1n) is 6.93. The van der Waals surface area contributed by atoms with Gasteiger partial charge in [-0.25, -0.2) is 0 Å². The molecule has 2 unspecified atom stereocenters. The molecule has 1 saturated heterocycles. The molecule has 1 aliphatic heterocycles. The van der Waals surface area contributed by atoms with Crippen LogP contribution in [0.3, 0.4) is 0 Å². The van der Waals surface area contributed by atoms with Gasteiger partial charge in [0.05, 0.1) is 18.1 Å². The molecule has 5 nitrogen and oxygen atoms in total. The second kappa shape index (κ2) is 5.99. The van der Waals surface area contributed by atoms with Crippen LogP contribution in [-0.2, 0) is 9.53 Å². The predicted octanol–water partition coefficient (Wildman–Crippen LogP) is 0.162. The third-order valence-electron chi connectivity index (χ3n) is 4.30. The molecule has 0 aromatic rings. The van der Waals surface area contributed by atoms with Crippen molar-refractivity contribution in [1.29, 1.82) is 0 Å². The summed E-state index contributed by atoms with van der Waals surface area (Å²) in [5.74, 6) is -0.0804. The van der Waals surface area contributed by atoms with Gasteiger partial charge in [-0.05, 0) is 25.7 Å². The van der Waals surface area contributed by atoms with Crippen LogP contribution in [0.4, 0.5) is 0 Å². The van der Waals surface area contributed by atoms with Gasteiger partial charge in [0.1, 0.15) is 0 Å². The van der Waals surface area contributed by atoms with Gasteiger partial charge >= 0.3 is 0 Å². The fraction of sp³-hybridized carbons (Fsp3) is 0.923. The van der Waals surface area contributed by atoms with Crippen LogP contribution in [0.15, 0.2) is 0 Å². The van der Waals surface area contributed by atoms with E-state index in [1.807, 2.05) is 0 Å². The Morgan fingerprint density at radius 1 is 1.33 bits per heavy atom. The van der Waals surface area contributed by atoms with E-state index in [2.05, 4.69) is 5.32 Å². The number of ether oxygens (including phenoxy) is 1. The number of hydrogen-bond donors (Lipinski definition) is 3. The largest absolute Gasteiger partial charge is 0.394 e. The van der Waals surface area contributed by atoms with E-state index in [1.165, 1.54) is 0 Å². The standard InChI is InChI=1S/C13H24N2O3/c14-11-4-2-1-3-10(11)12(17)15-13(9-16)5-7-18-8-6-13/h10-11,16H,1-9,14H2,(H,15,17). The third-order valence-corrected chi connectivity index (χ3v) is 4.30. The van der Waals surface area contributed by atoms with Gasteiger partial charge in [0, 0.05) is 19.3 Å². The van der Waals surface area contributed by atoms with Crippen LogP contribution in [0.1, 0.15) is 38.5 Å². The van der Waals surface area contributed by atoms with Crippen molar-refractivity contribution in [2.45, 2.75) is 50.1 Å². The highest BCUT2D eigenvalue weighted by atomic mass is 16.5. The lowest BCUT2D eigenvalue weighted by Gasteiger charge is -2.38. The molecule has 2 rings (SSSR count). The fourth-order valence-corrected chi connectivity index (χ4v) is 2.92. The Morgan fingerprint density at radius 3 is 2.61 bits per heavy atom. The lowest BCUT2D eigenvalue weighted by molar-refractivity contribution is -0.130. The van der Waals surface area contributed by atoms with E-state index in [0.717, 1.165) is 25.7 Å². The molecule has 18 heavy (non-hydrogen) atoms. The molecule has 0 aromatic carbocycles. The number of carbonyl (C=O) groups excluding carboxylic acids is 1. The maximum atomic E-state index is 12.3. The quantitative estimate of drug-likeness (QED) is 0.671. The number of nitrogens with one attached hydrogen (secondary N) is 1. The highest BCUT2D eigenvalue weighted by molar-refractivity contribution is 5.80. The minimum atomic E-state index is -0.494. The molecule has 0 aromatic heterocycles. The zero-order valence-electron chi connectivity index (χ0n) is 10.9. The van der Waals surface area contributed by atoms with E-state index in [-0.39, 0.29) is 24.5 Å². The van der Waals surface area contributed by atoms with Crippen LogP contribution in [0, 0.1) is 5.92 Å². The Morgan fingerprint density at radius 2 is 2.00 bits per heavy atom. The van der Waals surface area contributed by atoms with Crippen LogP contribution in [0.5, 0.6) is 0 Å². The average molecular weight is 256 g/mol. The van der Waals surface area contributed by atoms with E-state index in [4.69, 9.17) is 10.5 Å². The SMILES string of the molecule is NC1CCCCC1C(=O)NC1(CO)CCOCC1. The van der Waals surface area contributed by atoms with Gasteiger partial charge in [-0.3, -0.25) is 4.79 Å². The van der Waals surface area contributed by atoms with Crippen LogP contribution < -0.4 is 11.1 Å². The van der Waals surface area contributed by atoms with Crippen LogP contribution in [-0.4, -0.2) is 42.4 Å². The van der Waals surface area contributed by atoms with Crippen molar-refractivity contribution >= 4 is 5.91 Å². The average Bonchev–Trinajstić information content (AvgIpc) is 2.40. The molecule has 104 valence electrons. The van der Waals surface area contributed by atoms with Crippen molar-refractivity contribution in [3.8, 4) is 0 Å². The summed E-state index contributed by atoms with van der Waals surface area (Å²) >= 11 is 0. The van der Waals surface area contributed by atoms with E-state index < -0.39 is 5.54 Å². The predicted molar refractivity (Wildman–Crippen MR) is 67.9 cm³/mol. The molecule has 0 bridgehead atoms. The first-order chi connectivity index (χ1) is 8.67. The second-order valence-corrected chi connectivity index (χ2v) is 5.59. The third kappa shape index (κ3) is 3.02. The summed E-state index contributed by atoms with van der Waals surface area (Å²) in [5, 5.41) is 12.6. The van der Waals surface area contributed by atoms with Crippen molar-refractivity contribution in [3.05, 3.63) is 0 Å². The summed E-state index contributed by atoms with van der Waals surface area (Å²) < 4.78 is 5.29. The van der Waals surface area contributed by atoms with Gasteiger partial charge in [-0.1, -0.05) is 12.8 Å². The monoisotopic (exact) mass is 256 g/mol. The number of carbonyl (C=O) groups is 1. The van der Waals surface area contributed by atoms with E-state index in [0.29, 0.717) is 26.1 Å². The van der Waals surface area contributed by atoms with Crippen molar-refractivity contribution in [2.75, 3.05) is 19.8 Å². The molecule has 4 N–H and O–H groups in total. The zero-order valence-corrected chi connectivity index (χ0v) is 10.9. The van der Waals surface area contributed by atoms with Crippen molar-refractivity contribution in [1.82, 2.24) is 5.32 Å². The number of amides is 1. The number of aliphatic hydroxyl groups excluding tert-OH is 1. The Hall–Kier alpha value is -0.650. The zero-order chi connectivity index (χ0) is 13.0. The summed E-state index contributed by atoms with van der Waals surface area (Å²) in [5.41, 5.74) is 5.53. The topological polar surface area (TPSA) is 84.6 Å². The Balaban J connectivity index is 1.95. The van der Waals surface area contributed by atoms with Crippen LogP contribution in [0.2, 0.25) is 0 Å². The molecule has 0 spiro atoms. The number of nitrogens with two attached hydrogens (primary N) is 1. The molecule has 1 saturated carbocycles. The summed E-state index contributed by atoms with van der Waals surface area (Å²) in [6.45, 7) is 1.17. The molecule has 5 heteroatoms. The molecule has 2 aliphatic rings. The van der Waals surface area contributed by atoms with Gasteiger partial charge in [-0.2, -0.15) is 0 Å². The Bertz CT molecular complexity index is 290. The molecule has 1 amide bonds. The maximum Gasteiger partial charge on any atom is 0.225 e. The first kappa shape index (κ1) is 13.8. The van der Waals surface area contributed by atoms with Crippen LogP contribution >= 0.6 is 0 Å². The minimum absolute atomic E-state index is 0.0122. The number of hydrogen-bond acceptors (Lipinski definition) is 4. The molecule has 2 fully saturated rings. The first-order valence-corrected chi connectivity index (χ1v) is 6.93. The summed E-state index contributed by atoms with van der Waals surface area (Å²) in [6, 6.07) is -0.0330. The number of aliphatic hydroxyl groups is 1. The molecule has 0 radical (unpaired) electrons. The summed E-state index contributed by atoms with van der Waals surface area (Å²) in [4.78, 5) is 12.3. The summed E-state index contributed by atoms with van der Waals surface area (Å²) in [7, 11) is 0. The van der Waals surface area contributed by atoms with Gasteiger partial charge in [0.15, 0.2) is 0 Å². The van der Waals surface area contributed by atoms with Crippen molar-refractivity contribution in [3.63, 3.8) is 0 Å². The number of rotatable bonds is 3. The van der Waals surface area contributed by atoms with E-state index in [1.54, 1.807) is 0 Å². The Labute approximate surface area is 108 Å². The van der Waals surface area contributed by atoms with Gasteiger partial charge < -0.3 is 20.9 Å². The molecule has 1 heterocycles. The molecular formula is C13H24N2O3.